The van der Waals surface area contributed by atoms with Crippen molar-refractivity contribution in [3.8, 4) is 0 Å². The molecule has 0 aliphatic carbocycles. The molecule has 2 N–H and O–H groups in total. The van der Waals surface area contributed by atoms with Crippen LogP contribution in [0.4, 0.5) is 11.4 Å². The molecule has 0 radical (unpaired) electrons. The maximum absolute atomic E-state index is 11.8. The van der Waals surface area contributed by atoms with Gasteiger partial charge in [-0.15, -0.1) is 0 Å². The fourth-order valence-corrected chi connectivity index (χ4v) is 1.51. The molecule has 104 valence electrons. The van der Waals surface area contributed by atoms with E-state index >= 15 is 0 Å². The van der Waals surface area contributed by atoms with E-state index in [4.69, 9.17) is 0 Å². The first-order valence-electron chi connectivity index (χ1n) is 6.19. The van der Waals surface area contributed by atoms with Crippen molar-refractivity contribution >= 4 is 17.3 Å². The summed E-state index contributed by atoms with van der Waals surface area (Å²) in [7, 11) is 0. The Labute approximate surface area is 112 Å². The zero-order valence-corrected chi connectivity index (χ0v) is 11.3. The molecular weight excluding hydrogens is 246 g/mol. The van der Waals surface area contributed by atoms with Crippen LogP contribution in [-0.4, -0.2) is 23.4 Å². The third-order valence-corrected chi connectivity index (χ3v) is 2.55. The minimum atomic E-state index is -0.528. The molecular formula is C13H19N3O3. The number of para-hydroxylation sites is 2. The molecule has 1 rings (SSSR count). The number of anilines is 1. The van der Waals surface area contributed by atoms with Crippen LogP contribution < -0.4 is 10.6 Å². The van der Waals surface area contributed by atoms with E-state index in [-0.39, 0.29) is 11.6 Å². The lowest BCUT2D eigenvalue weighted by Gasteiger charge is -2.16. The van der Waals surface area contributed by atoms with Gasteiger partial charge in [-0.3, -0.25) is 14.9 Å². The van der Waals surface area contributed by atoms with Gasteiger partial charge >= 0.3 is 0 Å². The molecule has 6 nitrogen and oxygen atoms in total. The van der Waals surface area contributed by atoms with E-state index in [0.29, 0.717) is 18.2 Å². The lowest BCUT2D eigenvalue weighted by atomic mass is 10.2. The Morgan fingerprint density at radius 3 is 2.53 bits per heavy atom. The zero-order valence-electron chi connectivity index (χ0n) is 11.3. The van der Waals surface area contributed by atoms with Crippen molar-refractivity contribution in [3.05, 3.63) is 34.4 Å². The molecule has 1 aromatic rings. The van der Waals surface area contributed by atoms with Gasteiger partial charge in [-0.1, -0.05) is 26.0 Å². The molecule has 1 unspecified atom stereocenters. The summed E-state index contributed by atoms with van der Waals surface area (Å²) >= 11 is 0. The molecule has 1 atom stereocenters. The topological polar surface area (TPSA) is 84.3 Å². The summed E-state index contributed by atoms with van der Waals surface area (Å²) in [6.45, 7) is 6.26. The highest BCUT2D eigenvalue weighted by molar-refractivity contribution is 5.85. The van der Waals surface area contributed by atoms with E-state index in [9.17, 15) is 14.9 Å². The predicted molar refractivity (Wildman–Crippen MR) is 74.0 cm³/mol. The van der Waals surface area contributed by atoms with Crippen molar-refractivity contribution in [2.75, 3.05) is 11.9 Å². The first kappa shape index (κ1) is 14.9. The minimum absolute atomic E-state index is 0.0361. The number of carbonyl (C=O) groups is 1. The molecule has 0 spiro atoms. The maximum Gasteiger partial charge on any atom is 0.292 e. The van der Waals surface area contributed by atoms with Crippen LogP contribution in [0.5, 0.6) is 0 Å². The van der Waals surface area contributed by atoms with Gasteiger partial charge in [0.25, 0.3) is 5.69 Å². The van der Waals surface area contributed by atoms with Crippen LogP contribution >= 0.6 is 0 Å². The molecule has 0 fully saturated rings. The smallest absolute Gasteiger partial charge is 0.292 e. The Morgan fingerprint density at radius 2 is 1.95 bits per heavy atom. The molecule has 0 aliphatic heterocycles. The summed E-state index contributed by atoms with van der Waals surface area (Å²) in [4.78, 5) is 22.2. The summed E-state index contributed by atoms with van der Waals surface area (Å²) in [5, 5.41) is 16.5. The fourth-order valence-electron chi connectivity index (χ4n) is 1.51. The highest BCUT2D eigenvalue weighted by atomic mass is 16.6. The first-order chi connectivity index (χ1) is 8.91. The third kappa shape index (κ3) is 4.57. The summed E-state index contributed by atoms with van der Waals surface area (Å²) in [6, 6.07) is 5.74. The zero-order chi connectivity index (χ0) is 14.4. The van der Waals surface area contributed by atoms with Crippen molar-refractivity contribution in [1.82, 2.24) is 5.32 Å². The predicted octanol–water partition coefficient (Wildman–Crippen LogP) is 2.17. The second-order valence-electron chi connectivity index (χ2n) is 4.78. The molecule has 1 amide bonds. The SMILES string of the molecule is CC(C)CNC(=O)C(C)Nc1ccccc1[N+](=O)[O-]. The van der Waals surface area contributed by atoms with Crippen LogP contribution in [0, 0.1) is 16.0 Å². The molecule has 0 aromatic heterocycles. The molecule has 0 aliphatic rings. The van der Waals surface area contributed by atoms with Gasteiger partial charge < -0.3 is 10.6 Å². The Morgan fingerprint density at radius 1 is 1.32 bits per heavy atom. The standard InChI is InChI=1S/C13H19N3O3/c1-9(2)8-14-13(17)10(3)15-11-6-4-5-7-12(11)16(18)19/h4-7,9-10,15H,8H2,1-3H3,(H,14,17). The quantitative estimate of drug-likeness (QED) is 0.610. The van der Waals surface area contributed by atoms with Gasteiger partial charge in [0, 0.05) is 12.6 Å². The number of nitrogens with one attached hydrogen (secondary N) is 2. The van der Waals surface area contributed by atoms with Crippen molar-refractivity contribution in [2.24, 2.45) is 5.92 Å². The van der Waals surface area contributed by atoms with Gasteiger partial charge in [-0.05, 0) is 18.9 Å². The summed E-state index contributed by atoms with van der Waals surface area (Å²) in [5.74, 6) is 0.189. The Balaban J connectivity index is 2.69. The number of hydrogen-bond donors (Lipinski definition) is 2. The number of nitro benzene ring substituents is 1. The normalized spacial score (nSPS) is 12.0. The number of carbonyl (C=O) groups excluding carboxylic acids is 1. The summed E-state index contributed by atoms with van der Waals surface area (Å²) in [5.41, 5.74) is 0.311. The monoisotopic (exact) mass is 265 g/mol. The van der Waals surface area contributed by atoms with Crippen molar-refractivity contribution in [2.45, 2.75) is 26.8 Å². The van der Waals surface area contributed by atoms with E-state index in [0.717, 1.165) is 0 Å². The highest BCUT2D eigenvalue weighted by Gasteiger charge is 2.18. The number of nitro groups is 1. The molecule has 0 heterocycles. The van der Waals surface area contributed by atoms with Gasteiger partial charge in [-0.2, -0.15) is 0 Å². The molecule has 0 saturated carbocycles. The summed E-state index contributed by atoms with van der Waals surface area (Å²) < 4.78 is 0. The Hall–Kier alpha value is -2.11. The molecule has 0 saturated heterocycles. The third-order valence-electron chi connectivity index (χ3n) is 2.55. The van der Waals surface area contributed by atoms with Crippen molar-refractivity contribution in [1.29, 1.82) is 0 Å². The lowest BCUT2D eigenvalue weighted by molar-refractivity contribution is -0.384. The van der Waals surface area contributed by atoms with E-state index in [1.165, 1.54) is 6.07 Å². The van der Waals surface area contributed by atoms with Crippen LogP contribution in [-0.2, 0) is 4.79 Å². The van der Waals surface area contributed by atoms with Gasteiger partial charge in [0.1, 0.15) is 11.7 Å². The lowest BCUT2D eigenvalue weighted by Crippen LogP contribution is -2.39. The van der Waals surface area contributed by atoms with Crippen molar-refractivity contribution in [3.63, 3.8) is 0 Å². The summed E-state index contributed by atoms with van der Waals surface area (Å²) in [6.07, 6.45) is 0. The average molecular weight is 265 g/mol. The van der Waals surface area contributed by atoms with Gasteiger partial charge in [-0.25, -0.2) is 0 Å². The van der Waals surface area contributed by atoms with Gasteiger partial charge in [0.15, 0.2) is 0 Å². The van der Waals surface area contributed by atoms with E-state index in [1.807, 2.05) is 13.8 Å². The average Bonchev–Trinajstić information content (AvgIpc) is 2.36. The number of benzene rings is 1. The largest absolute Gasteiger partial charge is 0.368 e. The first-order valence-corrected chi connectivity index (χ1v) is 6.19. The van der Waals surface area contributed by atoms with E-state index in [2.05, 4.69) is 10.6 Å². The maximum atomic E-state index is 11.8. The van der Waals surface area contributed by atoms with Crippen LogP contribution in [0.2, 0.25) is 0 Å². The fraction of sp³-hybridized carbons (Fsp3) is 0.462. The Bertz CT molecular complexity index is 460. The number of amides is 1. The number of nitrogens with zero attached hydrogens (tertiary/aromatic N) is 1. The molecule has 0 bridgehead atoms. The van der Waals surface area contributed by atoms with Crippen LogP contribution in [0.25, 0.3) is 0 Å². The van der Waals surface area contributed by atoms with Crippen LogP contribution in [0.1, 0.15) is 20.8 Å². The van der Waals surface area contributed by atoms with E-state index in [1.54, 1.807) is 25.1 Å². The van der Waals surface area contributed by atoms with E-state index < -0.39 is 11.0 Å². The number of rotatable bonds is 6. The number of hydrogen-bond acceptors (Lipinski definition) is 4. The highest BCUT2D eigenvalue weighted by Crippen LogP contribution is 2.23. The molecule has 6 heteroatoms. The van der Waals surface area contributed by atoms with Gasteiger partial charge in [0.2, 0.25) is 5.91 Å². The van der Waals surface area contributed by atoms with Crippen LogP contribution in [0.3, 0.4) is 0 Å². The second-order valence-corrected chi connectivity index (χ2v) is 4.78. The van der Waals surface area contributed by atoms with Crippen molar-refractivity contribution < 1.29 is 9.72 Å². The minimum Gasteiger partial charge on any atom is -0.368 e. The molecule has 19 heavy (non-hydrogen) atoms. The van der Waals surface area contributed by atoms with Gasteiger partial charge in [0.05, 0.1) is 4.92 Å². The molecule has 1 aromatic carbocycles. The second kappa shape index (κ2) is 6.72. The Kier molecular flexibility index (Phi) is 5.29. The van der Waals surface area contributed by atoms with Crippen LogP contribution in [0.15, 0.2) is 24.3 Å².